The van der Waals surface area contributed by atoms with Crippen LogP contribution in [0.5, 0.6) is 17.2 Å². The molecule has 0 aliphatic carbocycles. The Bertz CT molecular complexity index is 710. The van der Waals surface area contributed by atoms with E-state index in [1.54, 1.807) is 37.2 Å². The van der Waals surface area contributed by atoms with Gasteiger partial charge in [0.15, 0.2) is 22.5 Å². The van der Waals surface area contributed by atoms with Crippen LogP contribution in [0.15, 0.2) is 46.2 Å². The fourth-order valence-corrected chi connectivity index (χ4v) is 4.88. The SMILES string of the molecule is COc1cc(N2Sc3ccccc3S2=O)cc(OC)c1OC. The van der Waals surface area contributed by atoms with Gasteiger partial charge in [-0.25, -0.2) is 7.92 Å². The Balaban J connectivity index is 2.05. The number of benzene rings is 2. The topological polar surface area (TPSA) is 48.0 Å². The molecule has 1 aliphatic heterocycles. The molecule has 0 fully saturated rings. The minimum Gasteiger partial charge on any atom is -0.493 e. The second kappa shape index (κ2) is 6.10. The van der Waals surface area contributed by atoms with Crippen molar-refractivity contribution >= 4 is 28.6 Å². The molecule has 5 nitrogen and oxygen atoms in total. The smallest absolute Gasteiger partial charge is 0.203 e. The molecule has 0 saturated carbocycles. The van der Waals surface area contributed by atoms with E-state index in [-0.39, 0.29) is 0 Å². The Kier molecular flexibility index (Phi) is 4.17. The van der Waals surface area contributed by atoms with Gasteiger partial charge in [0.1, 0.15) is 0 Å². The average Bonchev–Trinajstić information content (AvgIpc) is 2.90. The molecular weight excluding hydrogens is 322 g/mol. The highest BCUT2D eigenvalue weighted by Crippen LogP contribution is 2.47. The molecule has 1 unspecified atom stereocenters. The molecule has 0 aromatic heterocycles. The van der Waals surface area contributed by atoms with Crippen LogP contribution in [0.1, 0.15) is 0 Å². The van der Waals surface area contributed by atoms with Crippen LogP contribution in [0, 0.1) is 0 Å². The van der Waals surface area contributed by atoms with E-state index in [9.17, 15) is 4.21 Å². The van der Waals surface area contributed by atoms with E-state index in [1.165, 1.54) is 11.9 Å². The summed E-state index contributed by atoms with van der Waals surface area (Å²) in [6, 6.07) is 11.2. The summed E-state index contributed by atoms with van der Waals surface area (Å²) in [6.45, 7) is 0. The average molecular weight is 337 g/mol. The number of rotatable bonds is 4. The summed E-state index contributed by atoms with van der Waals surface area (Å²) in [4.78, 5) is 1.79. The maximum absolute atomic E-state index is 12.7. The molecule has 0 saturated heterocycles. The Morgan fingerprint density at radius 1 is 1.00 bits per heavy atom. The van der Waals surface area contributed by atoms with E-state index in [4.69, 9.17) is 14.2 Å². The van der Waals surface area contributed by atoms with Crippen LogP contribution in [0.25, 0.3) is 0 Å². The lowest BCUT2D eigenvalue weighted by atomic mass is 10.2. The molecule has 1 aliphatic rings. The first-order chi connectivity index (χ1) is 10.7. The van der Waals surface area contributed by atoms with Crippen molar-refractivity contribution in [3.05, 3.63) is 36.4 Å². The van der Waals surface area contributed by atoms with Crippen LogP contribution < -0.4 is 17.9 Å². The standard InChI is InChI=1S/C15H15NO4S2/c1-18-11-8-10(9-12(19-2)15(11)20-3)16-21-13-6-4-5-7-14(13)22(16)17/h4-9H,1-3H3. The largest absolute Gasteiger partial charge is 0.493 e. The van der Waals surface area contributed by atoms with Gasteiger partial charge in [-0.15, -0.1) is 0 Å². The van der Waals surface area contributed by atoms with E-state index in [0.717, 1.165) is 15.5 Å². The predicted molar refractivity (Wildman–Crippen MR) is 87.3 cm³/mol. The molecule has 0 amide bonds. The van der Waals surface area contributed by atoms with E-state index in [1.807, 2.05) is 24.3 Å². The summed E-state index contributed by atoms with van der Waals surface area (Å²) in [7, 11) is 3.40. The Morgan fingerprint density at radius 2 is 1.64 bits per heavy atom. The molecule has 1 atom stereocenters. The maximum Gasteiger partial charge on any atom is 0.203 e. The number of fused-ring (bicyclic) bond motifs is 1. The lowest BCUT2D eigenvalue weighted by Gasteiger charge is -2.18. The Labute approximate surface area is 135 Å². The van der Waals surface area contributed by atoms with Crippen molar-refractivity contribution in [2.75, 3.05) is 25.0 Å². The summed E-state index contributed by atoms with van der Waals surface area (Å²) >= 11 is 1.43. The van der Waals surface area contributed by atoms with Crippen LogP contribution in [0.4, 0.5) is 5.69 Å². The van der Waals surface area contributed by atoms with Gasteiger partial charge in [0.05, 0.1) is 31.9 Å². The van der Waals surface area contributed by atoms with E-state index in [2.05, 4.69) is 0 Å². The van der Waals surface area contributed by atoms with E-state index in [0.29, 0.717) is 17.2 Å². The zero-order chi connectivity index (χ0) is 15.7. The molecule has 1 heterocycles. The second-order valence-electron chi connectivity index (χ2n) is 4.43. The fourth-order valence-electron chi connectivity index (χ4n) is 2.20. The number of anilines is 1. The van der Waals surface area contributed by atoms with Crippen LogP contribution >= 0.6 is 11.9 Å². The highest BCUT2D eigenvalue weighted by Gasteiger charge is 2.30. The number of hydrogen-bond donors (Lipinski definition) is 0. The van der Waals surface area contributed by atoms with E-state index < -0.39 is 11.0 Å². The molecule has 0 radical (unpaired) electrons. The molecule has 2 aromatic carbocycles. The van der Waals surface area contributed by atoms with Crippen molar-refractivity contribution in [3.63, 3.8) is 0 Å². The maximum atomic E-state index is 12.7. The lowest BCUT2D eigenvalue weighted by molar-refractivity contribution is 0.324. The molecule has 2 aromatic rings. The Hall–Kier alpha value is -1.86. The normalized spacial score (nSPS) is 16.3. The molecule has 0 bridgehead atoms. The molecule has 22 heavy (non-hydrogen) atoms. The second-order valence-corrected chi connectivity index (χ2v) is 6.95. The van der Waals surface area contributed by atoms with Gasteiger partial charge in [-0.1, -0.05) is 12.1 Å². The Morgan fingerprint density at radius 3 is 2.18 bits per heavy atom. The van der Waals surface area contributed by atoms with Crippen molar-refractivity contribution in [1.82, 2.24) is 0 Å². The van der Waals surface area contributed by atoms with Crippen LogP contribution in [0.2, 0.25) is 0 Å². The molecule has 0 N–H and O–H groups in total. The van der Waals surface area contributed by atoms with Gasteiger partial charge in [0.25, 0.3) is 0 Å². The summed E-state index contributed by atoms with van der Waals surface area (Å²) in [5.74, 6) is 1.58. The van der Waals surface area contributed by atoms with Crippen molar-refractivity contribution in [1.29, 1.82) is 0 Å². The summed E-state index contributed by atoms with van der Waals surface area (Å²) in [5.41, 5.74) is 0.731. The minimum absolute atomic E-state index is 0.515. The minimum atomic E-state index is -1.27. The monoisotopic (exact) mass is 337 g/mol. The number of ether oxygens (including phenoxy) is 3. The van der Waals surface area contributed by atoms with Crippen LogP contribution in [-0.2, 0) is 11.0 Å². The zero-order valence-electron chi connectivity index (χ0n) is 12.4. The van der Waals surface area contributed by atoms with E-state index >= 15 is 0 Å². The van der Waals surface area contributed by atoms with Crippen molar-refractivity contribution in [2.45, 2.75) is 9.79 Å². The summed E-state index contributed by atoms with van der Waals surface area (Å²) in [5, 5.41) is 0. The summed E-state index contributed by atoms with van der Waals surface area (Å²) < 4.78 is 30.4. The fraction of sp³-hybridized carbons (Fsp3) is 0.200. The van der Waals surface area contributed by atoms with Gasteiger partial charge >= 0.3 is 0 Å². The molecular formula is C15H15NO4S2. The number of methoxy groups -OCH3 is 3. The van der Waals surface area contributed by atoms with Crippen molar-refractivity contribution in [2.24, 2.45) is 0 Å². The van der Waals surface area contributed by atoms with Gasteiger partial charge in [-0.2, -0.15) is 0 Å². The molecule has 116 valence electrons. The van der Waals surface area contributed by atoms with Gasteiger partial charge in [0, 0.05) is 29.0 Å². The number of nitrogens with zero attached hydrogens (tertiary/aromatic N) is 1. The third kappa shape index (κ3) is 2.40. The van der Waals surface area contributed by atoms with Crippen molar-refractivity contribution < 1.29 is 18.4 Å². The molecule has 7 heteroatoms. The highest BCUT2D eigenvalue weighted by atomic mass is 32.2. The molecule has 3 rings (SSSR count). The van der Waals surface area contributed by atoms with Crippen LogP contribution in [0.3, 0.4) is 0 Å². The first kappa shape index (κ1) is 15.1. The quantitative estimate of drug-likeness (QED) is 0.802. The third-order valence-electron chi connectivity index (χ3n) is 3.23. The highest BCUT2D eigenvalue weighted by molar-refractivity contribution is 8.14. The van der Waals surface area contributed by atoms with Crippen molar-refractivity contribution in [3.8, 4) is 17.2 Å². The van der Waals surface area contributed by atoms with Gasteiger partial charge in [-0.3, -0.25) is 0 Å². The summed E-state index contributed by atoms with van der Waals surface area (Å²) in [6.07, 6.45) is 0. The lowest BCUT2D eigenvalue weighted by Crippen LogP contribution is -2.12. The zero-order valence-corrected chi connectivity index (χ0v) is 14.0. The van der Waals surface area contributed by atoms with Crippen LogP contribution in [-0.4, -0.2) is 25.5 Å². The number of hydrogen-bond acceptors (Lipinski definition) is 5. The molecule has 0 spiro atoms. The first-order valence-electron chi connectivity index (χ1n) is 6.48. The third-order valence-corrected chi connectivity index (χ3v) is 6.16. The van der Waals surface area contributed by atoms with Gasteiger partial charge < -0.3 is 14.2 Å². The first-order valence-corrected chi connectivity index (χ1v) is 8.36. The predicted octanol–water partition coefficient (Wildman–Crippen LogP) is 3.26. The van der Waals surface area contributed by atoms with Gasteiger partial charge in [0.2, 0.25) is 5.75 Å². The van der Waals surface area contributed by atoms with Gasteiger partial charge in [-0.05, 0) is 12.1 Å².